The third-order valence-corrected chi connectivity index (χ3v) is 2.04. The van der Waals surface area contributed by atoms with Crippen molar-refractivity contribution in [3.05, 3.63) is 23.5 Å². The molecule has 0 aliphatic carbocycles. The molecule has 0 fully saturated rings. The number of rotatable bonds is 3. The van der Waals surface area contributed by atoms with Gasteiger partial charge in [-0.2, -0.15) is 0 Å². The van der Waals surface area contributed by atoms with Gasteiger partial charge in [-0.05, 0) is 26.1 Å². The SMILES string of the molecule is CNC(C)C(=O)Nc1ccc(Cl)nc1. The fourth-order valence-electron chi connectivity index (χ4n) is 0.831. The number of likely N-dealkylation sites (N-methyl/N-ethyl adjacent to an activating group) is 1. The first-order valence-corrected chi connectivity index (χ1v) is 4.61. The molecule has 1 unspecified atom stereocenters. The molecule has 1 amide bonds. The quantitative estimate of drug-likeness (QED) is 0.744. The van der Waals surface area contributed by atoms with Crippen LogP contribution in [0.4, 0.5) is 5.69 Å². The van der Waals surface area contributed by atoms with Crippen molar-refractivity contribution in [1.29, 1.82) is 0 Å². The zero-order valence-corrected chi connectivity index (χ0v) is 8.80. The van der Waals surface area contributed by atoms with Gasteiger partial charge in [0.05, 0.1) is 17.9 Å². The number of carbonyl (C=O) groups is 1. The first-order valence-electron chi connectivity index (χ1n) is 4.23. The fourth-order valence-corrected chi connectivity index (χ4v) is 0.943. The summed E-state index contributed by atoms with van der Waals surface area (Å²) in [6.45, 7) is 1.78. The van der Waals surface area contributed by atoms with Gasteiger partial charge in [-0.15, -0.1) is 0 Å². The summed E-state index contributed by atoms with van der Waals surface area (Å²) in [5.41, 5.74) is 0.640. The normalized spacial score (nSPS) is 12.2. The molecular formula is C9H12ClN3O. The van der Waals surface area contributed by atoms with Crippen LogP contribution in [-0.2, 0) is 4.79 Å². The number of carbonyl (C=O) groups excluding carboxylic acids is 1. The summed E-state index contributed by atoms with van der Waals surface area (Å²) >= 11 is 5.60. The van der Waals surface area contributed by atoms with Crippen molar-refractivity contribution in [2.75, 3.05) is 12.4 Å². The number of nitrogens with zero attached hydrogens (tertiary/aromatic N) is 1. The Kier molecular flexibility index (Phi) is 3.85. The number of nitrogens with one attached hydrogen (secondary N) is 2. The van der Waals surface area contributed by atoms with Gasteiger partial charge in [-0.25, -0.2) is 4.98 Å². The van der Waals surface area contributed by atoms with E-state index < -0.39 is 0 Å². The second kappa shape index (κ2) is 4.93. The Hall–Kier alpha value is -1.13. The Morgan fingerprint density at radius 2 is 2.29 bits per heavy atom. The maximum atomic E-state index is 11.4. The van der Waals surface area contributed by atoms with Crippen LogP contribution < -0.4 is 10.6 Å². The van der Waals surface area contributed by atoms with Crippen LogP contribution in [0, 0.1) is 0 Å². The molecule has 0 saturated carbocycles. The number of hydrogen-bond donors (Lipinski definition) is 2. The van der Waals surface area contributed by atoms with Crippen LogP contribution >= 0.6 is 11.6 Å². The van der Waals surface area contributed by atoms with Gasteiger partial charge in [0.15, 0.2) is 0 Å². The Bertz CT molecular complexity index is 312. The molecular weight excluding hydrogens is 202 g/mol. The minimum atomic E-state index is -0.231. The summed E-state index contributed by atoms with van der Waals surface area (Å²) in [6, 6.07) is 3.10. The van der Waals surface area contributed by atoms with E-state index in [1.54, 1.807) is 26.1 Å². The van der Waals surface area contributed by atoms with Crippen LogP contribution in [0.1, 0.15) is 6.92 Å². The van der Waals surface area contributed by atoms with Crippen LogP contribution in [0.15, 0.2) is 18.3 Å². The second-order valence-corrected chi connectivity index (χ2v) is 3.26. The van der Waals surface area contributed by atoms with Crippen LogP contribution in [0.3, 0.4) is 0 Å². The van der Waals surface area contributed by atoms with E-state index in [0.717, 1.165) is 0 Å². The lowest BCUT2D eigenvalue weighted by Gasteiger charge is -2.10. The monoisotopic (exact) mass is 213 g/mol. The smallest absolute Gasteiger partial charge is 0.241 e. The van der Waals surface area contributed by atoms with Crippen molar-refractivity contribution in [2.24, 2.45) is 0 Å². The predicted octanol–water partition coefficient (Wildman–Crippen LogP) is 1.28. The highest BCUT2D eigenvalue weighted by molar-refractivity contribution is 6.29. The summed E-state index contributed by atoms with van der Waals surface area (Å²) in [4.78, 5) is 15.2. The second-order valence-electron chi connectivity index (χ2n) is 2.87. The van der Waals surface area contributed by atoms with E-state index in [4.69, 9.17) is 11.6 Å². The topological polar surface area (TPSA) is 54.0 Å². The van der Waals surface area contributed by atoms with Crippen molar-refractivity contribution in [3.63, 3.8) is 0 Å². The summed E-state index contributed by atoms with van der Waals surface area (Å²) in [7, 11) is 1.73. The molecule has 76 valence electrons. The minimum Gasteiger partial charge on any atom is -0.323 e. The van der Waals surface area contributed by atoms with Crippen molar-refractivity contribution in [3.8, 4) is 0 Å². The lowest BCUT2D eigenvalue weighted by Crippen LogP contribution is -2.35. The lowest BCUT2D eigenvalue weighted by atomic mass is 10.3. The molecule has 0 aliphatic heterocycles. The zero-order chi connectivity index (χ0) is 10.6. The van der Waals surface area contributed by atoms with Crippen LogP contribution in [0.5, 0.6) is 0 Å². The third kappa shape index (κ3) is 2.97. The van der Waals surface area contributed by atoms with E-state index in [1.165, 1.54) is 6.20 Å². The number of amides is 1. The standard InChI is InChI=1S/C9H12ClN3O/c1-6(11-2)9(14)13-7-3-4-8(10)12-5-7/h3-6,11H,1-2H3,(H,13,14). The highest BCUT2D eigenvalue weighted by Gasteiger charge is 2.09. The number of anilines is 1. The van der Waals surface area contributed by atoms with Crippen molar-refractivity contribution in [2.45, 2.75) is 13.0 Å². The molecule has 0 radical (unpaired) electrons. The third-order valence-electron chi connectivity index (χ3n) is 1.82. The van der Waals surface area contributed by atoms with E-state index in [9.17, 15) is 4.79 Å². The summed E-state index contributed by atoms with van der Waals surface area (Å²) in [6.07, 6.45) is 1.52. The molecule has 0 spiro atoms. The Labute approximate surface area is 87.7 Å². The molecule has 1 rings (SSSR count). The number of aromatic nitrogens is 1. The Balaban J connectivity index is 2.60. The largest absolute Gasteiger partial charge is 0.323 e. The predicted molar refractivity (Wildman–Crippen MR) is 56.4 cm³/mol. The van der Waals surface area contributed by atoms with Crippen LogP contribution in [0.25, 0.3) is 0 Å². The van der Waals surface area contributed by atoms with Crippen molar-refractivity contribution >= 4 is 23.2 Å². The molecule has 0 saturated heterocycles. The van der Waals surface area contributed by atoms with Gasteiger partial charge in [0, 0.05) is 0 Å². The number of hydrogen-bond acceptors (Lipinski definition) is 3. The molecule has 0 aliphatic rings. The van der Waals surface area contributed by atoms with Crippen LogP contribution in [-0.4, -0.2) is 24.0 Å². The fraction of sp³-hybridized carbons (Fsp3) is 0.333. The summed E-state index contributed by atoms with van der Waals surface area (Å²) in [5.74, 6) is -0.100. The van der Waals surface area contributed by atoms with E-state index in [2.05, 4.69) is 15.6 Å². The maximum Gasteiger partial charge on any atom is 0.241 e. The maximum absolute atomic E-state index is 11.4. The molecule has 1 heterocycles. The van der Waals surface area contributed by atoms with Gasteiger partial charge in [0.25, 0.3) is 0 Å². The first-order chi connectivity index (χ1) is 6.63. The van der Waals surface area contributed by atoms with E-state index in [0.29, 0.717) is 10.8 Å². The number of halogens is 1. The van der Waals surface area contributed by atoms with Gasteiger partial charge in [-0.1, -0.05) is 11.6 Å². The van der Waals surface area contributed by atoms with Crippen molar-refractivity contribution in [1.82, 2.24) is 10.3 Å². The van der Waals surface area contributed by atoms with Gasteiger partial charge in [0.1, 0.15) is 5.15 Å². The minimum absolute atomic E-state index is 0.100. The molecule has 1 atom stereocenters. The number of pyridine rings is 1. The first kappa shape index (κ1) is 10.9. The van der Waals surface area contributed by atoms with Gasteiger partial charge < -0.3 is 10.6 Å². The van der Waals surface area contributed by atoms with Gasteiger partial charge >= 0.3 is 0 Å². The molecule has 0 aromatic carbocycles. The Morgan fingerprint density at radius 1 is 1.57 bits per heavy atom. The molecule has 4 nitrogen and oxygen atoms in total. The van der Waals surface area contributed by atoms with Crippen LogP contribution in [0.2, 0.25) is 5.15 Å². The van der Waals surface area contributed by atoms with Gasteiger partial charge in [0.2, 0.25) is 5.91 Å². The van der Waals surface area contributed by atoms with Crippen molar-refractivity contribution < 1.29 is 4.79 Å². The molecule has 0 bridgehead atoms. The molecule has 2 N–H and O–H groups in total. The average Bonchev–Trinajstić information content (AvgIpc) is 2.20. The zero-order valence-electron chi connectivity index (χ0n) is 8.04. The highest BCUT2D eigenvalue weighted by Crippen LogP contribution is 2.09. The van der Waals surface area contributed by atoms with E-state index in [1.807, 2.05) is 0 Å². The Morgan fingerprint density at radius 3 is 2.79 bits per heavy atom. The molecule has 5 heteroatoms. The molecule has 1 aromatic heterocycles. The van der Waals surface area contributed by atoms with Gasteiger partial charge in [-0.3, -0.25) is 4.79 Å². The van der Waals surface area contributed by atoms with E-state index >= 15 is 0 Å². The molecule has 14 heavy (non-hydrogen) atoms. The van der Waals surface area contributed by atoms with E-state index in [-0.39, 0.29) is 11.9 Å². The summed E-state index contributed by atoms with van der Waals surface area (Å²) < 4.78 is 0. The lowest BCUT2D eigenvalue weighted by molar-refractivity contribution is -0.117. The summed E-state index contributed by atoms with van der Waals surface area (Å²) in [5, 5.41) is 5.94. The average molecular weight is 214 g/mol. The molecule has 1 aromatic rings. The highest BCUT2D eigenvalue weighted by atomic mass is 35.5.